The highest BCUT2D eigenvalue weighted by Crippen LogP contribution is 2.50. The van der Waals surface area contributed by atoms with E-state index >= 15 is 0 Å². The van der Waals surface area contributed by atoms with Gasteiger partial charge in [-0.15, -0.1) is 0 Å². The van der Waals surface area contributed by atoms with Crippen molar-refractivity contribution in [3.05, 3.63) is 65.0 Å². The molecule has 6 heteroatoms. The van der Waals surface area contributed by atoms with Crippen LogP contribution in [0.2, 0.25) is 0 Å². The lowest BCUT2D eigenvalue weighted by molar-refractivity contribution is -0.127. The quantitative estimate of drug-likeness (QED) is 0.326. The summed E-state index contributed by atoms with van der Waals surface area (Å²) in [6.07, 6.45) is 1.59. The second-order valence-corrected chi connectivity index (χ2v) is 8.14. The third kappa shape index (κ3) is 3.19. The highest BCUT2D eigenvalue weighted by molar-refractivity contribution is 5.95. The zero-order valence-electron chi connectivity index (χ0n) is 16.3. The van der Waals surface area contributed by atoms with Gasteiger partial charge in [-0.05, 0) is 41.8 Å². The van der Waals surface area contributed by atoms with Gasteiger partial charge in [0.25, 0.3) is 0 Å². The van der Waals surface area contributed by atoms with Crippen molar-refractivity contribution in [2.24, 2.45) is 16.3 Å². The maximum absolute atomic E-state index is 12.1. The highest BCUT2D eigenvalue weighted by Gasteiger charge is 2.55. The van der Waals surface area contributed by atoms with Crippen molar-refractivity contribution in [3.8, 4) is 0 Å². The van der Waals surface area contributed by atoms with Gasteiger partial charge in [0, 0.05) is 24.7 Å². The van der Waals surface area contributed by atoms with Crippen LogP contribution in [0.4, 0.5) is 0 Å². The van der Waals surface area contributed by atoms with Gasteiger partial charge in [0.1, 0.15) is 11.3 Å². The second kappa shape index (κ2) is 6.94. The van der Waals surface area contributed by atoms with Crippen LogP contribution >= 0.6 is 0 Å². The number of likely N-dealkylation sites (tertiary alicyclic amines) is 1. The fraction of sp³-hybridized carbons (Fsp3) is 0.429. The minimum atomic E-state index is -1.22. The fourth-order valence-electron chi connectivity index (χ4n) is 4.19. The van der Waals surface area contributed by atoms with Gasteiger partial charge < -0.3 is 20.9 Å². The van der Waals surface area contributed by atoms with Crippen molar-refractivity contribution in [1.82, 2.24) is 9.88 Å². The van der Waals surface area contributed by atoms with Crippen LogP contribution in [0.3, 0.4) is 0 Å². The van der Waals surface area contributed by atoms with Gasteiger partial charge in [0.2, 0.25) is 0 Å². The minimum absolute atomic E-state index is 0.0785. The van der Waals surface area contributed by atoms with E-state index in [0.29, 0.717) is 17.2 Å². The molecule has 2 heterocycles. The van der Waals surface area contributed by atoms with Gasteiger partial charge in [0.15, 0.2) is 5.84 Å². The van der Waals surface area contributed by atoms with E-state index in [4.69, 9.17) is 10.9 Å². The molecule has 4 N–H and O–H groups in total. The monoisotopic (exact) mass is 368 g/mol. The Balaban J connectivity index is 2.15. The molecule has 6 nitrogen and oxygen atoms in total. The normalized spacial score (nSPS) is 19.6. The van der Waals surface area contributed by atoms with Crippen LogP contribution in [0.15, 0.2) is 47.8 Å². The van der Waals surface area contributed by atoms with Crippen LogP contribution < -0.4 is 5.73 Å². The van der Waals surface area contributed by atoms with Crippen LogP contribution in [0.5, 0.6) is 0 Å². The van der Waals surface area contributed by atoms with Crippen molar-refractivity contribution in [2.75, 3.05) is 20.1 Å². The predicted molar refractivity (Wildman–Crippen MR) is 106 cm³/mol. The average Bonchev–Trinajstić information content (AvgIpc) is 2.65. The Bertz CT molecular complexity index is 842. The number of rotatable bonds is 5. The lowest BCUT2D eigenvalue weighted by atomic mass is 9.62. The molecule has 1 aromatic carbocycles. The second-order valence-electron chi connectivity index (χ2n) is 8.14. The lowest BCUT2D eigenvalue weighted by Crippen LogP contribution is -2.63. The Morgan fingerprint density at radius 1 is 1.22 bits per heavy atom. The Morgan fingerprint density at radius 2 is 1.85 bits per heavy atom. The predicted octanol–water partition coefficient (Wildman–Crippen LogP) is 2.49. The third-order valence-corrected chi connectivity index (χ3v) is 5.65. The van der Waals surface area contributed by atoms with E-state index < -0.39 is 5.60 Å². The Morgan fingerprint density at radius 3 is 2.37 bits per heavy atom. The van der Waals surface area contributed by atoms with E-state index in [1.165, 1.54) is 5.56 Å². The van der Waals surface area contributed by atoms with Crippen LogP contribution in [-0.2, 0) is 5.60 Å². The number of oxime groups is 1. The summed E-state index contributed by atoms with van der Waals surface area (Å²) in [5.74, 6) is 0.343. The maximum Gasteiger partial charge on any atom is 0.188 e. The van der Waals surface area contributed by atoms with Crippen molar-refractivity contribution in [1.29, 1.82) is 0 Å². The first kappa shape index (κ1) is 19.3. The first-order valence-corrected chi connectivity index (χ1v) is 9.17. The smallest absolute Gasteiger partial charge is 0.188 e. The van der Waals surface area contributed by atoms with E-state index in [1.807, 2.05) is 19.2 Å². The molecule has 1 fully saturated rings. The number of nitrogens with two attached hydrogens (primary N) is 1. The summed E-state index contributed by atoms with van der Waals surface area (Å²) >= 11 is 0. The van der Waals surface area contributed by atoms with Crippen LogP contribution in [-0.4, -0.2) is 46.2 Å². The van der Waals surface area contributed by atoms with E-state index in [2.05, 4.69) is 47.9 Å². The number of hydrogen-bond donors (Lipinski definition) is 3. The summed E-state index contributed by atoms with van der Waals surface area (Å²) in [5.41, 5.74) is 7.22. The number of aliphatic hydroxyl groups is 1. The first-order chi connectivity index (χ1) is 12.7. The molecule has 0 amide bonds. The van der Waals surface area contributed by atoms with Gasteiger partial charge in [-0.2, -0.15) is 0 Å². The van der Waals surface area contributed by atoms with Crippen molar-refractivity contribution < 1.29 is 10.3 Å². The summed E-state index contributed by atoms with van der Waals surface area (Å²) in [6.45, 7) is 7.91. The summed E-state index contributed by atoms with van der Waals surface area (Å²) < 4.78 is 0. The van der Waals surface area contributed by atoms with Crippen molar-refractivity contribution in [3.63, 3.8) is 0 Å². The van der Waals surface area contributed by atoms with Gasteiger partial charge in [-0.3, -0.25) is 4.98 Å². The SMILES string of the molecule is CC(C)c1ccc([C@](O)(c2ccnc(C(N)=NO)c2)C2(C)CN(C)C2)cc1. The molecule has 27 heavy (non-hydrogen) atoms. The molecule has 0 saturated carbocycles. The molecule has 1 atom stereocenters. The highest BCUT2D eigenvalue weighted by atomic mass is 16.4. The number of benzene rings is 1. The number of aromatic nitrogens is 1. The molecule has 1 saturated heterocycles. The molecule has 3 rings (SSSR count). The van der Waals surface area contributed by atoms with Gasteiger partial charge in [0.05, 0.1) is 0 Å². The summed E-state index contributed by atoms with van der Waals surface area (Å²) in [6, 6.07) is 11.7. The molecular weight excluding hydrogens is 340 g/mol. The van der Waals surface area contributed by atoms with Gasteiger partial charge in [-0.1, -0.05) is 50.2 Å². The van der Waals surface area contributed by atoms with E-state index in [9.17, 15) is 5.11 Å². The number of amidine groups is 1. The van der Waals surface area contributed by atoms with Crippen molar-refractivity contribution in [2.45, 2.75) is 32.3 Å². The van der Waals surface area contributed by atoms with Crippen LogP contribution in [0.25, 0.3) is 0 Å². The number of hydrogen-bond acceptors (Lipinski definition) is 5. The van der Waals surface area contributed by atoms with Gasteiger partial charge in [-0.25, -0.2) is 0 Å². The molecule has 2 aromatic rings. The summed E-state index contributed by atoms with van der Waals surface area (Å²) in [4.78, 5) is 6.34. The molecule has 144 valence electrons. The van der Waals surface area contributed by atoms with Crippen molar-refractivity contribution >= 4 is 5.84 Å². The minimum Gasteiger partial charge on any atom is -0.409 e. The fourth-order valence-corrected chi connectivity index (χ4v) is 4.19. The molecular formula is C21H28N4O2. The topological polar surface area (TPSA) is 95.0 Å². The maximum atomic E-state index is 12.1. The Labute approximate surface area is 160 Å². The Kier molecular flexibility index (Phi) is 4.97. The summed E-state index contributed by atoms with van der Waals surface area (Å²) in [7, 11) is 2.04. The molecule has 0 aliphatic carbocycles. The average molecular weight is 368 g/mol. The number of nitrogens with zero attached hydrogens (tertiary/aromatic N) is 3. The zero-order chi connectivity index (χ0) is 19.8. The molecule has 0 unspecified atom stereocenters. The lowest BCUT2D eigenvalue weighted by Gasteiger charge is -2.56. The molecule has 0 radical (unpaired) electrons. The molecule has 1 aromatic heterocycles. The van der Waals surface area contributed by atoms with Crippen LogP contribution in [0, 0.1) is 5.41 Å². The van der Waals surface area contributed by atoms with E-state index in [1.54, 1.807) is 18.3 Å². The largest absolute Gasteiger partial charge is 0.409 e. The number of pyridine rings is 1. The molecule has 0 bridgehead atoms. The van der Waals surface area contributed by atoms with E-state index in [0.717, 1.165) is 18.7 Å². The third-order valence-electron chi connectivity index (χ3n) is 5.65. The standard InChI is InChI=1S/C21H28N4O2/c1-14(2)15-5-7-16(8-6-15)21(26,20(3)12-25(4)13-20)17-9-10-23-18(11-17)19(22)24-27/h5-11,14,26-27H,12-13H2,1-4H3,(H2,22,24)/t21-/m0/s1. The first-order valence-electron chi connectivity index (χ1n) is 9.17. The molecule has 1 aliphatic rings. The van der Waals surface area contributed by atoms with Crippen LogP contribution in [0.1, 0.15) is 49.1 Å². The van der Waals surface area contributed by atoms with E-state index in [-0.39, 0.29) is 11.3 Å². The molecule has 0 spiro atoms. The zero-order valence-corrected chi connectivity index (χ0v) is 16.3. The summed E-state index contributed by atoms with van der Waals surface area (Å²) in [5, 5.41) is 24.1. The molecule has 1 aliphatic heterocycles. The van der Waals surface area contributed by atoms with Gasteiger partial charge >= 0.3 is 0 Å². The Hall–Kier alpha value is -2.44.